The van der Waals surface area contributed by atoms with E-state index in [2.05, 4.69) is 318 Å². The van der Waals surface area contributed by atoms with Crippen LogP contribution in [-0.4, -0.2) is 0 Å². The third kappa shape index (κ3) is 60.1. The van der Waals surface area contributed by atoms with Crippen LogP contribution in [-0.2, 0) is 0 Å². The van der Waals surface area contributed by atoms with E-state index in [9.17, 15) is 0 Å². The van der Waals surface area contributed by atoms with E-state index >= 15 is 0 Å². The quantitative estimate of drug-likeness (QED) is 0.183. The Morgan fingerprint density at radius 1 is 0.263 bits per heavy atom. The Labute approximate surface area is 491 Å². The lowest BCUT2D eigenvalue weighted by molar-refractivity contribution is 0.101. The molecule has 0 heteroatoms. The standard InChI is InChI=1S/4C13H28.2C12H26/c1-11(2,3)9-13(7,8)10-12(4,5)6;1-11(2,3)9-10-13(7,8)12(4,5)6;1-10(9-12(3,4)5)11(2)13(6,7)8;1-10(12(3,4)5)9-11(2)13(6,7)8;1-10(8-11(2,3)4)9-12(5,6)7;1-10(12(5,6)7)8-9-11(2,3)4/h2*9-10H2,1-8H3;2*10-11H,9H2,1-8H3;2*10H,8-9H2,1-7H3. The van der Waals surface area contributed by atoms with Crippen LogP contribution in [0.15, 0.2) is 0 Å². The molecule has 0 aliphatic heterocycles. The average Bonchev–Trinajstić information content (AvgIpc) is 3.03. The van der Waals surface area contributed by atoms with Crippen molar-refractivity contribution < 1.29 is 0 Å². The summed E-state index contributed by atoms with van der Waals surface area (Å²) in [6.07, 6.45) is 13.3. The predicted molar refractivity (Wildman–Crippen MR) is 362 cm³/mol. The topological polar surface area (TPSA) is 0 Å². The Balaban J connectivity index is -0.000000193. The third-order valence-corrected chi connectivity index (χ3v) is 17.1. The third-order valence-electron chi connectivity index (χ3n) is 17.1. The van der Waals surface area contributed by atoms with Crippen molar-refractivity contribution in [2.45, 2.75) is 383 Å². The van der Waals surface area contributed by atoms with Crippen molar-refractivity contribution >= 4 is 0 Å². The van der Waals surface area contributed by atoms with Gasteiger partial charge in [-0.25, -0.2) is 0 Å². The second-order valence-electron chi connectivity index (χ2n) is 41.5. The van der Waals surface area contributed by atoms with Crippen LogP contribution in [0, 0.1) is 111 Å². The highest BCUT2D eigenvalue weighted by molar-refractivity contribution is 4.85. The van der Waals surface area contributed by atoms with Crippen LogP contribution in [0.5, 0.6) is 0 Å². The van der Waals surface area contributed by atoms with Gasteiger partial charge < -0.3 is 0 Å². The monoisotopic (exact) mass is 1080 g/mol. The molecule has 0 amide bonds. The molecule has 0 spiro atoms. The molecule has 0 radical (unpaired) electrons. The second-order valence-corrected chi connectivity index (χ2v) is 41.5. The van der Waals surface area contributed by atoms with E-state index < -0.39 is 0 Å². The number of hydrogen-bond donors (Lipinski definition) is 0. The Morgan fingerprint density at radius 3 is 0.737 bits per heavy atom. The van der Waals surface area contributed by atoms with Gasteiger partial charge in [-0.05, 0) is 176 Å². The fourth-order valence-electron chi connectivity index (χ4n) is 10.5. The van der Waals surface area contributed by atoms with Crippen LogP contribution in [0.25, 0.3) is 0 Å². The molecule has 0 saturated carbocycles. The summed E-state index contributed by atoms with van der Waals surface area (Å²) >= 11 is 0. The Kier molecular flexibility index (Phi) is 37.6. The first-order valence-electron chi connectivity index (χ1n) is 32.2. The summed E-state index contributed by atoms with van der Waals surface area (Å²) in [4.78, 5) is 0. The number of hydrogen-bond acceptors (Lipinski definition) is 0. The summed E-state index contributed by atoms with van der Waals surface area (Å²) in [6, 6.07) is 0. The Bertz CT molecular complexity index is 1350. The van der Waals surface area contributed by atoms with Gasteiger partial charge in [0.15, 0.2) is 0 Å². The summed E-state index contributed by atoms with van der Waals surface area (Å²) in [7, 11) is 0. The van der Waals surface area contributed by atoms with Gasteiger partial charge in [-0.3, -0.25) is 0 Å². The fourth-order valence-corrected chi connectivity index (χ4v) is 10.5. The van der Waals surface area contributed by atoms with E-state index in [-0.39, 0.29) is 0 Å². The van der Waals surface area contributed by atoms with E-state index in [0.717, 1.165) is 35.5 Å². The predicted octanol–water partition coefficient (Wildman–Crippen LogP) is 28.2. The van der Waals surface area contributed by atoms with Crippen molar-refractivity contribution in [3.8, 4) is 0 Å². The summed E-state index contributed by atoms with van der Waals surface area (Å²) in [5.74, 6) is 4.91. The molecule has 0 bridgehead atoms. The molecular weight excluding hydrogens is 913 g/mol. The summed E-state index contributed by atoms with van der Waals surface area (Å²) in [5.41, 5.74) is 6.50. The zero-order chi connectivity index (χ0) is 63.5. The minimum Gasteiger partial charge on any atom is -0.0625 e. The first-order chi connectivity index (χ1) is 32.2. The minimum absolute atomic E-state index is 0.415. The highest BCUT2D eigenvalue weighted by Crippen LogP contribution is 2.45. The first kappa shape index (κ1) is 87.2. The molecule has 0 aliphatic rings. The summed E-state index contributed by atoms with van der Waals surface area (Å²) in [6.45, 7) is 108. The molecule has 0 aromatic rings. The maximum Gasteiger partial charge on any atom is -0.0305 e. The average molecular weight is 1080 g/mol. The van der Waals surface area contributed by atoms with E-state index in [1.165, 1.54) is 64.2 Å². The SMILES string of the molecule is CC(C)(C)CC(C)(C)CC(C)(C)C.CC(C)(C)CCC(C)(C)C(C)(C)C.CC(CC(C)(C)C)C(C)C(C)(C)C.CC(CC(C)(C)C)CC(C)(C)C.CC(CC(C)C(C)(C)C)C(C)(C)C.CC(CCC(C)(C)C)C(C)(C)C. The van der Waals surface area contributed by atoms with E-state index in [0.29, 0.717) is 75.8 Å². The molecule has 5 atom stereocenters. The van der Waals surface area contributed by atoms with Gasteiger partial charge in [0.2, 0.25) is 0 Å². The highest BCUT2D eigenvalue weighted by Gasteiger charge is 2.34. The molecule has 0 heterocycles. The Morgan fingerprint density at radius 2 is 0.539 bits per heavy atom. The molecule has 0 nitrogen and oxygen atoms in total. The van der Waals surface area contributed by atoms with Crippen LogP contribution >= 0.6 is 0 Å². The molecular formula is C76H164. The summed E-state index contributed by atoms with van der Waals surface area (Å²) < 4.78 is 0. The van der Waals surface area contributed by atoms with Crippen LogP contribution in [0.4, 0.5) is 0 Å². The zero-order valence-electron chi connectivity index (χ0n) is 63.5. The van der Waals surface area contributed by atoms with Crippen molar-refractivity contribution in [2.24, 2.45) is 111 Å². The van der Waals surface area contributed by atoms with E-state index in [4.69, 9.17) is 0 Å². The molecule has 0 aliphatic carbocycles. The van der Waals surface area contributed by atoms with Gasteiger partial charge >= 0.3 is 0 Å². The molecule has 0 aromatic heterocycles. The van der Waals surface area contributed by atoms with E-state index in [1.807, 2.05) is 0 Å². The molecule has 0 rings (SSSR count). The Hall–Kier alpha value is 0. The normalized spacial score (nSPS) is 16.1. The largest absolute Gasteiger partial charge is 0.0625 e. The van der Waals surface area contributed by atoms with Gasteiger partial charge in [0, 0.05) is 0 Å². The first-order valence-corrected chi connectivity index (χ1v) is 32.2. The summed E-state index contributed by atoms with van der Waals surface area (Å²) in [5, 5.41) is 0. The maximum atomic E-state index is 2.39. The molecule has 0 fully saturated rings. The molecule has 76 heavy (non-hydrogen) atoms. The van der Waals surface area contributed by atoms with Gasteiger partial charge in [-0.1, -0.05) is 318 Å². The molecule has 0 saturated heterocycles. The lowest BCUT2D eigenvalue weighted by Gasteiger charge is -2.40. The lowest BCUT2D eigenvalue weighted by atomic mass is 9.65. The lowest BCUT2D eigenvalue weighted by Crippen LogP contribution is -2.30. The highest BCUT2D eigenvalue weighted by atomic mass is 14.4. The minimum atomic E-state index is 0.415. The van der Waals surface area contributed by atoms with Crippen molar-refractivity contribution in [2.75, 3.05) is 0 Å². The van der Waals surface area contributed by atoms with Crippen molar-refractivity contribution in [3.63, 3.8) is 0 Å². The fraction of sp³-hybridized carbons (Fsp3) is 1.00. The van der Waals surface area contributed by atoms with Crippen LogP contribution < -0.4 is 0 Å². The molecule has 5 unspecified atom stereocenters. The van der Waals surface area contributed by atoms with Gasteiger partial charge in [0.25, 0.3) is 0 Å². The van der Waals surface area contributed by atoms with Crippen molar-refractivity contribution in [1.29, 1.82) is 0 Å². The van der Waals surface area contributed by atoms with Crippen molar-refractivity contribution in [1.82, 2.24) is 0 Å². The van der Waals surface area contributed by atoms with Crippen LogP contribution in [0.2, 0.25) is 0 Å². The van der Waals surface area contributed by atoms with Crippen LogP contribution in [0.1, 0.15) is 383 Å². The number of rotatable bonds is 12. The van der Waals surface area contributed by atoms with Crippen LogP contribution in [0.3, 0.4) is 0 Å². The van der Waals surface area contributed by atoms with Crippen molar-refractivity contribution in [3.05, 3.63) is 0 Å². The van der Waals surface area contributed by atoms with Gasteiger partial charge in [0.05, 0.1) is 0 Å². The second kappa shape index (κ2) is 32.7. The molecule has 468 valence electrons. The zero-order valence-corrected chi connectivity index (χ0v) is 63.5. The smallest absolute Gasteiger partial charge is 0.0305 e. The molecule has 0 N–H and O–H groups in total. The van der Waals surface area contributed by atoms with Gasteiger partial charge in [-0.15, -0.1) is 0 Å². The van der Waals surface area contributed by atoms with Gasteiger partial charge in [0.1, 0.15) is 0 Å². The molecule has 0 aromatic carbocycles. The van der Waals surface area contributed by atoms with Gasteiger partial charge in [-0.2, -0.15) is 0 Å². The van der Waals surface area contributed by atoms with E-state index in [1.54, 1.807) is 0 Å². The maximum absolute atomic E-state index is 2.39.